The maximum Gasteiger partial charge on any atom is 0.150 e. The van der Waals surface area contributed by atoms with Crippen LogP contribution >= 0.6 is 23.2 Å². The fourth-order valence-corrected chi connectivity index (χ4v) is 5.60. The van der Waals surface area contributed by atoms with Crippen LogP contribution in [0.25, 0.3) is 16.7 Å². The van der Waals surface area contributed by atoms with Crippen LogP contribution in [0.1, 0.15) is 56.1 Å². The van der Waals surface area contributed by atoms with Gasteiger partial charge in [0.2, 0.25) is 0 Å². The maximum absolute atomic E-state index is 6.69. The normalized spacial score (nSPS) is 18.1. The molecule has 4 heteroatoms. The van der Waals surface area contributed by atoms with E-state index in [4.69, 9.17) is 27.9 Å². The van der Waals surface area contributed by atoms with E-state index in [1.807, 2.05) is 12.1 Å². The van der Waals surface area contributed by atoms with Gasteiger partial charge in [0, 0.05) is 32.4 Å². The average molecular weight is 450 g/mol. The largest absolute Gasteiger partial charge is 0.480 e. The lowest BCUT2D eigenvalue weighted by molar-refractivity contribution is 0.243. The van der Waals surface area contributed by atoms with Crippen LogP contribution < -0.4 is 10.1 Å². The summed E-state index contributed by atoms with van der Waals surface area (Å²) in [4.78, 5) is 0. The van der Waals surface area contributed by atoms with Gasteiger partial charge in [0.05, 0.1) is 5.54 Å². The molecule has 1 atom stereocenters. The zero-order valence-electron chi connectivity index (χ0n) is 18.1. The predicted octanol–water partition coefficient (Wildman–Crippen LogP) is 8.31. The molecule has 0 spiro atoms. The third-order valence-corrected chi connectivity index (χ3v) is 6.57. The van der Waals surface area contributed by atoms with Crippen molar-refractivity contribution in [2.75, 3.05) is 5.32 Å². The molecule has 0 fully saturated rings. The van der Waals surface area contributed by atoms with E-state index in [1.54, 1.807) is 6.07 Å². The minimum atomic E-state index is -0.299. The Labute approximate surface area is 193 Å². The molecule has 158 valence electrons. The summed E-state index contributed by atoms with van der Waals surface area (Å²) >= 11 is 12.8. The van der Waals surface area contributed by atoms with E-state index in [0.29, 0.717) is 10.0 Å². The fourth-order valence-electron chi connectivity index (χ4n) is 5.06. The van der Waals surface area contributed by atoms with Crippen LogP contribution in [-0.4, -0.2) is 5.54 Å². The highest BCUT2D eigenvalue weighted by Gasteiger charge is 2.35. The van der Waals surface area contributed by atoms with Crippen LogP contribution in [-0.2, 0) is 6.42 Å². The summed E-state index contributed by atoms with van der Waals surface area (Å²) in [5, 5.41) is 4.90. The number of aryl methyl sites for hydroxylation is 1. The monoisotopic (exact) mass is 449 g/mol. The predicted molar refractivity (Wildman–Crippen MR) is 132 cm³/mol. The van der Waals surface area contributed by atoms with Crippen molar-refractivity contribution in [2.24, 2.45) is 0 Å². The van der Waals surface area contributed by atoms with E-state index in [9.17, 15) is 0 Å². The molecule has 5 rings (SSSR count). The van der Waals surface area contributed by atoms with Gasteiger partial charge in [0.15, 0.2) is 6.10 Å². The molecule has 2 nitrogen and oxygen atoms in total. The average Bonchev–Trinajstić information content (AvgIpc) is 2.70. The number of benzene rings is 3. The number of nitrogens with one attached hydrogen (secondary N) is 1. The molecular formula is C27H25Cl2NO. The minimum Gasteiger partial charge on any atom is -0.480 e. The smallest absolute Gasteiger partial charge is 0.150 e. The van der Waals surface area contributed by atoms with Crippen LogP contribution in [0.4, 0.5) is 5.69 Å². The van der Waals surface area contributed by atoms with Crippen molar-refractivity contribution in [2.45, 2.75) is 45.8 Å². The SMILES string of the molecule is CCc1cccc2c1-c1ccc3c(c1C(c1cc(Cl)cc(Cl)c1)O2)C(C)=CC(C)(C)N3. The summed E-state index contributed by atoms with van der Waals surface area (Å²) in [6.45, 7) is 8.75. The second-order valence-electron chi connectivity index (χ2n) is 8.97. The highest BCUT2D eigenvalue weighted by atomic mass is 35.5. The number of hydrogen-bond donors (Lipinski definition) is 1. The van der Waals surface area contributed by atoms with Crippen LogP contribution in [0.5, 0.6) is 5.75 Å². The van der Waals surface area contributed by atoms with Gasteiger partial charge in [0.1, 0.15) is 5.75 Å². The first kappa shape index (κ1) is 20.5. The Morgan fingerprint density at radius 1 is 1.00 bits per heavy atom. The highest BCUT2D eigenvalue weighted by Crippen LogP contribution is 2.52. The summed E-state index contributed by atoms with van der Waals surface area (Å²) in [5.74, 6) is 0.902. The lowest BCUT2D eigenvalue weighted by atomic mass is 9.79. The first-order valence-corrected chi connectivity index (χ1v) is 11.4. The minimum absolute atomic E-state index is 0.109. The molecule has 0 amide bonds. The van der Waals surface area contributed by atoms with Crippen molar-refractivity contribution < 1.29 is 4.74 Å². The maximum atomic E-state index is 6.69. The van der Waals surface area contributed by atoms with E-state index < -0.39 is 0 Å². The third kappa shape index (κ3) is 3.43. The second-order valence-corrected chi connectivity index (χ2v) is 9.84. The van der Waals surface area contributed by atoms with Crippen molar-refractivity contribution in [3.8, 4) is 16.9 Å². The molecule has 1 N–H and O–H groups in total. The van der Waals surface area contributed by atoms with Gasteiger partial charge in [-0.2, -0.15) is 0 Å². The molecule has 0 aromatic heterocycles. The Kier molecular flexibility index (Phi) is 4.84. The Morgan fingerprint density at radius 2 is 1.74 bits per heavy atom. The van der Waals surface area contributed by atoms with Gasteiger partial charge >= 0.3 is 0 Å². The summed E-state index contributed by atoms with van der Waals surface area (Å²) in [7, 11) is 0. The van der Waals surface area contributed by atoms with Gasteiger partial charge in [0.25, 0.3) is 0 Å². The van der Waals surface area contributed by atoms with Gasteiger partial charge in [-0.1, -0.05) is 54.4 Å². The van der Waals surface area contributed by atoms with Crippen LogP contribution in [0.15, 0.2) is 54.6 Å². The van der Waals surface area contributed by atoms with Gasteiger partial charge in [-0.15, -0.1) is 0 Å². The quantitative estimate of drug-likeness (QED) is 0.424. The molecule has 0 saturated heterocycles. The molecule has 3 aromatic carbocycles. The molecule has 0 bridgehead atoms. The molecule has 3 aromatic rings. The molecule has 0 saturated carbocycles. The summed E-state index contributed by atoms with van der Waals surface area (Å²) in [6, 6.07) is 16.4. The van der Waals surface area contributed by atoms with Gasteiger partial charge in [-0.25, -0.2) is 0 Å². The summed E-state index contributed by atoms with van der Waals surface area (Å²) in [6.07, 6.45) is 2.93. The van der Waals surface area contributed by atoms with Crippen LogP contribution in [0, 0.1) is 0 Å². The second kappa shape index (κ2) is 7.32. The zero-order valence-corrected chi connectivity index (χ0v) is 19.7. The number of hydrogen-bond acceptors (Lipinski definition) is 2. The number of halogens is 2. The van der Waals surface area contributed by atoms with E-state index >= 15 is 0 Å². The highest BCUT2D eigenvalue weighted by molar-refractivity contribution is 6.34. The third-order valence-electron chi connectivity index (χ3n) is 6.13. The van der Waals surface area contributed by atoms with Crippen molar-refractivity contribution in [1.29, 1.82) is 0 Å². The molecular weight excluding hydrogens is 425 g/mol. The van der Waals surface area contributed by atoms with E-state index in [-0.39, 0.29) is 11.6 Å². The molecule has 2 heterocycles. The van der Waals surface area contributed by atoms with Crippen molar-refractivity contribution >= 4 is 34.5 Å². The lowest BCUT2D eigenvalue weighted by Crippen LogP contribution is -2.32. The van der Waals surface area contributed by atoms with E-state index in [0.717, 1.165) is 23.4 Å². The number of fused-ring (bicyclic) bond motifs is 5. The Hall–Kier alpha value is -2.42. The number of allylic oxidation sites excluding steroid dienone is 1. The van der Waals surface area contributed by atoms with Crippen molar-refractivity contribution in [3.05, 3.63) is 86.9 Å². The topological polar surface area (TPSA) is 21.3 Å². The first-order valence-electron chi connectivity index (χ1n) is 10.7. The van der Waals surface area contributed by atoms with Crippen LogP contribution in [0.3, 0.4) is 0 Å². The van der Waals surface area contributed by atoms with Crippen LogP contribution in [0.2, 0.25) is 10.0 Å². The molecule has 2 aliphatic rings. The number of ether oxygens (including phenoxy) is 1. The lowest BCUT2D eigenvalue weighted by Gasteiger charge is -2.37. The fraction of sp³-hybridized carbons (Fsp3) is 0.259. The van der Waals surface area contributed by atoms with Gasteiger partial charge in [-0.3, -0.25) is 0 Å². The Balaban J connectivity index is 1.84. The zero-order chi connectivity index (χ0) is 21.9. The summed E-state index contributed by atoms with van der Waals surface area (Å²) in [5.41, 5.74) is 9.28. The summed E-state index contributed by atoms with van der Waals surface area (Å²) < 4.78 is 6.69. The Morgan fingerprint density at radius 3 is 2.45 bits per heavy atom. The number of anilines is 1. The van der Waals surface area contributed by atoms with Gasteiger partial charge in [-0.05, 0) is 79.8 Å². The molecule has 1 unspecified atom stereocenters. The standard InChI is InChI=1S/C27H25Cl2NO/c1-5-16-7-6-8-22-24(16)20-9-10-21-23(15(2)14-27(3,4)30-21)25(20)26(31-22)17-11-18(28)13-19(29)12-17/h6-14,26,30H,5H2,1-4H3. The van der Waals surface area contributed by atoms with Gasteiger partial charge < -0.3 is 10.1 Å². The Bertz CT molecular complexity index is 1220. The number of rotatable bonds is 2. The first-order chi connectivity index (χ1) is 14.8. The van der Waals surface area contributed by atoms with Crippen molar-refractivity contribution in [1.82, 2.24) is 0 Å². The van der Waals surface area contributed by atoms with E-state index in [2.05, 4.69) is 69.4 Å². The van der Waals surface area contributed by atoms with E-state index in [1.165, 1.54) is 33.4 Å². The molecule has 0 aliphatic carbocycles. The molecule has 31 heavy (non-hydrogen) atoms. The molecule has 0 radical (unpaired) electrons. The van der Waals surface area contributed by atoms with Crippen molar-refractivity contribution in [3.63, 3.8) is 0 Å². The molecule has 2 aliphatic heterocycles.